The minimum atomic E-state index is -2.43. The van der Waals surface area contributed by atoms with Gasteiger partial charge in [-0.1, -0.05) is 6.08 Å². The van der Waals surface area contributed by atoms with Gasteiger partial charge in [0.2, 0.25) is 5.91 Å². The van der Waals surface area contributed by atoms with Gasteiger partial charge in [-0.3, -0.25) is 14.8 Å². The number of rotatable bonds is 7. The molecule has 0 saturated carbocycles. The van der Waals surface area contributed by atoms with E-state index in [9.17, 15) is 18.8 Å². The Morgan fingerprint density at radius 2 is 2.21 bits per heavy atom. The van der Waals surface area contributed by atoms with E-state index in [2.05, 4.69) is 20.0 Å². The van der Waals surface area contributed by atoms with Crippen LogP contribution in [0.5, 0.6) is 0 Å². The molecule has 0 aliphatic carbocycles. The summed E-state index contributed by atoms with van der Waals surface area (Å²) in [4.78, 5) is 50.8. The Bertz CT molecular complexity index is 789. The van der Waals surface area contributed by atoms with Crippen molar-refractivity contribution >= 4 is 17.9 Å². The maximum Gasteiger partial charge on any atom is 0.370 e. The van der Waals surface area contributed by atoms with E-state index in [1.165, 1.54) is 30.4 Å². The van der Waals surface area contributed by atoms with E-state index in [0.717, 1.165) is 5.06 Å². The first-order valence-corrected chi connectivity index (χ1v) is 8.70. The van der Waals surface area contributed by atoms with Crippen LogP contribution in [0, 0.1) is 0 Å². The Morgan fingerprint density at radius 3 is 2.89 bits per heavy atom. The number of halogens is 1. The highest BCUT2D eigenvalue weighted by atomic mass is 19.1. The van der Waals surface area contributed by atoms with Crippen LogP contribution in [0.15, 0.2) is 30.2 Å². The predicted octanol–water partition coefficient (Wildman–Crippen LogP) is 0.318. The van der Waals surface area contributed by atoms with Crippen molar-refractivity contribution in [3.8, 4) is 0 Å². The minimum absolute atomic E-state index is 0.0147. The highest BCUT2D eigenvalue weighted by Crippen LogP contribution is 2.30. The summed E-state index contributed by atoms with van der Waals surface area (Å²) < 4.78 is 18.4. The summed E-state index contributed by atoms with van der Waals surface area (Å²) in [5.74, 6) is -1.62. The van der Waals surface area contributed by atoms with Crippen LogP contribution in [-0.2, 0) is 25.7 Å². The molecular formula is C17H20FN5O5. The average Bonchev–Trinajstić information content (AvgIpc) is 2.92. The molecule has 0 spiro atoms. The summed E-state index contributed by atoms with van der Waals surface area (Å²) in [5.41, 5.74) is 1.18. The van der Waals surface area contributed by atoms with E-state index in [1.54, 1.807) is 13.0 Å². The monoisotopic (exact) mass is 393 g/mol. The first-order chi connectivity index (χ1) is 13.4. The Hall–Kier alpha value is -3.08. The van der Waals surface area contributed by atoms with Crippen molar-refractivity contribution in [3.05, 3.63) is 35.9 Å². The Balaban J connectivity index is 1.66. The summed E-state index contributed by atoms with van der Waals surface area (Å²) in [6.45, 7) is 3.49. The Kier molecular flexibility index (Phi) is 5.83. The van der Waals surface area contributed by atoms with Crippen molar-refractivity contribution in [3.63, 3.8) is 0 Å². The zero-order chi connectivity index (χ0) is 20.3. The number of amides is 3. The van der Waals surface area contributed by atoms with Crippen molar-refractivity contribution in [2.45, 2.75) is 38.8 Å². The summed E-state index contributed by atoms with van der Waals surface area (Å²) >= 11 is 0. The number of alkyl halides is 1. The molecule has 3 atom stereocenters. The SMILES string of the molecule is CCOC(=O)[C@H](F)ON1C(=O)N2CC1C=C(C)[C@H]2C(=O)NCc1cnccn1. The van der Waals surface area contributed by atoms with Gasteiger partial charge in [-0.25, -0.2) is 18.8 Å². The maximum atomic E-state index is 13.9. The number of carbonyl (C=O) groups is 3. The Labute approximate surface area is 160 Å². The second kappa shape index (κ2) is 8.30. The molecule has 1 N–H and O–H groups in total. The van der Waals surface area contributed by atoms with Crippen LogP contribution in [-0.4, -0.2) is 69.4 Å². The fourth-order valence-corrected chi connectivity index (χ4v) is 3.12. The first kappa shape index (κ1) is 19.7. The van der Waals surface area contributed by atoms with Gasteiger partial charge in [-0.2, -0.15) is 5.06 Å². The van der Waals surface area contributed by atoms with Crippen LogP contribution >= 0.6 is 0 Å². The van der Waals surface area contributed by atoms with Gasteiger partial charge in [-0.15, -0.1) is 0 Å². The molecule has 1 aromatic heterocycles. The largest absolute Gasteiger partial charge is 0.462 e. The van der Waals surface area contributed by atoms with Gasteiger partial charge < -0.3 is 15.0 Å². The second-order valence-electron chi connectivity index (χ2n) is 6.23. The topological polar surface area (TPSA) is 114 Å². The van der Waals surface area contributed by atoms with Crippen LogP contribution in [0.2, 0.25) is 0 Å². The molecule has 3 heterocycles. The number of hydroxylamine groups is 2. The number of urea groups is 1. The van der Waals surface area contributed by atoms with Gasteiger partial charge in [0.05, 0.1) is 37.6 Å². The van der Waals surface area contributed by atoms with E-state index >= 15 is 0 Å². The minimum Gasteiger partial charge on any atom is -0.462 e. The standard InChI is InChI=1S/C17H20FN5O5/c1-3-27-16(25)14(18)28-23-12-6-10(2)13(22(9-12)17(23)26)15(24)21-8-11-7-19-4-5-20-11/h4-7,12-14H,3,8-9H2,1-2H3,(H,21,24)/t12?,13-,14+/m0/s1. The summed E-state index contributed by atoms with van der Waals surface area (Å²) in [7, 11) is 0. The lowest BCUT2D eigenvalue weighted by Gasteiger charge is -2.29. The first-order valence-electron chi connectivity index (χ1n) is 8.70. The van der Waals surface area contributed by atoms with Crippen LogP contribution in [0.25, 0.3) is 0 Å². The van der Waals surface area contributed by atoms with Crippen LogP contribution in [0.3, 0.4) is 0 Å². The molecule has 3 rings (SSSR count). The van der Waals surface area contributed by atoms with Gasteiger partial charge in [0.1, 0.15) is 6.04 Å². The predicted molar refractivity (Wildman–Crippen MR) is 91.8 cm³/mol. The van der Waals surface area contributed by atoms with Crippen LogP contribution in [0.1, 0.15) is 19.5 Å². The quantitative estimate of drug-likeness (QED) is 0.524. The van der Waals surface area contributed by atoms with Crippen molar-refractivity contribution in [1.29, 1.82) is 0 Å². The second-order valence-corrected chi connectivity index (χ2v) is 6.23. The van der Waals surface area contributed by atoms with E-state index < -0.39 is 36.3 Å². The number of nitrogens with zero attached hydrogens (tertiary/aromatic N) is 4. The number of nitrogens with one attached hydrogen (secondary N) is 1. The summed E-state index contributed by atoms with van der Waals surface area (Å²) in [6.07, 6.45) is 3.76. The lowest BCUT2D eigenvalue weighted by atomic mass is 10.00. The third-order valence-corrected chi connectivity index (χ3v) is 4.30. The van der Waals surface area contributed by atoms with Gasteiger partial charge in [0.25, 0.3) is 0 Å². The molecule has 10 nitrogen and oxygen atoms in total. The molecule has 1 saturated heterocycles. The normalized spacial score (nSPS) is 22.0. The molecule has 1 aromatic rings. The molecular weight excluding hydrogens is 373 g/mol. The third-order valence-electron chi connectivity index (χ3n) is 4.30. The highest BCUT2D eigenvalue weighted by molar-refractivity contribution is 5.91. The van der Waals surface area contributed by atoms with Crippen LogP contribution < -0.4 is 5.32 Å². The smallest absolute Gasteiger partial charge is 0.370 e. The zero-order valence-corrected chi connectivity index (χ0v) is 15.4. The van der Waals surface area contributed by atoms with Gasteiger partial charge in [0.15, 0.2) is 0 Å². The lowest BCUT2D eigenvalue weighted by Crippen LogP contribution is -2.50. The molecule has 2 bridgehead atoms. The number of hydrogen-bond acceptors (Lipinski definition) is 7. The average molecular weight is 393 g/mol. The van der Waals surface area contributed by atoms with E-state index in [1.807, 2.05) is 0 Å². The van der Waals surface area contributed by atoms with E-state index in [0.29, 0.717) is 11.3 Å². The van der Waals surface area contributed by atoms with Crippen molar-refractivity contribution in [2.24, 2.45) is 0 Å². The molecule has 0 radical (unpaired) electrons. The van der Waals surface area contributed by atoms with Gasteiger partial charge >= 0.3 is 18.4 Å². The highest BCUT2D eigenvalue weighted by Gasteiger charge is 2.48. The van der Waals surface area contributed by atoms with Crippen molar-refractivity contribution in [2.75, 3.05) is 13.2 Å². The number of aromatic nitrogens is 2. The Morgan fingerprint density at radius 1 is 1.43 bits per heavy atom. The third kappa shape index (κ3) is 3.93. The maximum absolute atomic E-state index is 13.9. The molecule has 28 heavy (non-hydrogen) atoms. The number of carbonyl (C=O) groups excluding carboxylic acids is 3. The van der Waals surface area contributed by atoms with Gasteiger partial charge in [-0.05, 0) is 19.4 Å². The fourth-order valence-electron chi connectivity index (χ4n) is 3.12. The molecule has 3 amide bonds. The molecule has 1 fully saturated rings. The summed E-state index contributed by atoms with van der Waals surface area (Å²) in [5, 5.41) is 3.47. The van der Waals surface area contributed by atoms with E-state index in [-0.39, 0.29) is 19.7 Å². The number of esters is 1. The molecule has 1 unspecified atom stereocenters. The van der Waals surface area contributed by atoms with Crippen LogP contribution in [0.4, 0.5) is 9.18 Å². The fraction of sp³-hybridized carbons (Fsp3) is 0.471. The summed E-state index contributed by atoms with van der Waals surface area (Å²) in [6, 6.07) is -2.18. The van der Waals surface area contributed by atoms with Gasteiger partial charge in [0, 0.05) is 12.4 Å². The van der Waals surface area contributed by atoms with E-state index in [4.69, 9.17) is 4.84 Å². The molecule has 2 aliphatic rings. The number of fused-ring (bicyclic) bond motifs is 2. The van der Waals surface area contributed by atoms with Crippen molar-refractivity contribution in [1.82, 2.24) is 25.2 Å². The lowest BCUT2D eigenvalue weighted by molar-refractivity contribution is -0.223. The molecule has 2 aliphatic heterocycles. The molecule has 11 heteroatoms. The molecule has 0 aromatic carbocycles. The number of ether oxygens (including phenoxy) is 1. The molecule has 150 valence electrons. The van der Waals surface area contributed by atoms with Crippen molar-refractivity contribution < 1.29 is 28.3 Å². The number of hydrogen-bond donors (Lipinski definition) is 1. The zero-order valence-electron chi connectivity index (χ0n) is 15.4.